The SMILES string of the molecule is CCCCCCCCCCCCC(=O)C1CC2CCC(C1)S2(=O)=O. The average Bonchev–Trinajstić information content (AvgIpc) is 2.75. The van der Waals surface area contributed by atoms with Crippen molar-refractivity contribution in [3.63, 3.8) is 0 Å². The monoisotopic (exact) mass is 356 g/mol. The molecule has 2 rings (SSSR count). The van der Waals surface area contributed by atoms with Gasteiger partial charge in [0, 0.05) is 12.3 Å². The fourth-order valence-corrected chi connectivity index (χ4v) is 6.94. The van der Waals surface area contributed by atoms with E-state index in [0.29, 0.717) is 25.0 Å². The van der Waals surface area contributed by atoms with Crippen LogP contribution in [0.4, 0.5) is 0 Å². The number of carbonyl (C=O) groups is 1. The lowest BCUT2D eigenvalue weighted by Gasteiger charge is -2.26. The molecule has 2 aliphatic heterocycles. The van der Waals surface area contributed by atoms with E-state index in [1.165, 1.54) is 51.4 Å². The van der Waals surface area contributed by atoms with Gasteiger partial charge in [0.25, 0.3) is 0 Å². The molecule has 140 valence electrons. The molecular weight excluding hydrogens is 320 g/mol. The maximum Gasteiger partial charge on any atom is 0.156 e. The van der Waals surface area contributed by atoms with Gasteiger partial charge >= 0.3 is 0 Å². The highest BCUT2D eigenvalue weighted by molar-refractivity contribution is 7.93. The average molecular weight is 357 g/mol. The Balaban J connectivity index is 1.50. The summed E-state index contributed by atoms with van der Waals surface area (Å²) in [6.07, 6.45) is 16.3. The van der Waals surface area contributed by atoms with Crippen LogP contribution in [0, 0.1) is 5.92 Å². The first-order valence-corrected chi connectivity index (χ1v) is 11.9. The predicted molar refractivity (Wildman–Crippen MR) is 99.9 cm³/mol. The lowest BCUT2D eigenvalue weighted by atomic mass is 9.91. The summed E-state index contributed by atoms with van der Waals surface area (Å²) in [4.78, 5) is 12.4. The van der Waals surface area contributed by atoms with Crippen LogP contribution >= 0.6 is 0 Å². The summed E-state index contributed by atoms with van der Waals surface area (Å²) in [7, 11) is -2.89. The zero-order valence-electron chi connectivity index (χ0n) is 15.5. The fourth-order valence-electron chi connectivity index (χ4n) is 4.46. The highest BCUT2D eigenvalue weighted by Crippen LogP contribution is 2.41. The first-order valence-electron chi connectivity index (χ1n) is 10.3. The Morgan fingerprint density at radius 2 is 1.25 bits per heavy atom. The second kappa shape index (κ2) is 9.94. The lowest BCUT2D eigenvalue weighted by molar-refractivity contribution is -0.123. The Bertz CT molecular complexity index is 463. The number of fused-ring (bicyclic) bond motifs is 2. The third-order valence-corrected chi connectivity index (χ3v) is 8.78. The minimum absolute atomic E-state index is 0.0320. The summed E-state index contributed by atoms with van der Waals surface area (Å²) in [6.45, 7) is 2.25. The third-order valence-electron chi connectivity index (χ3n) is 6.07. The highest BCUT2D eigenvalue weighted by atomic mass is 32.2. The van der Waals surface area contributed by atoms with Gasteiger partial charge in [-0.05, 0) is 32.1 Å². The van der Waals surface area contributed by atoms with Crippen LogP contribution in [-0.2, 0) is 14.6 Å². The standard InChI is InChI=1S/C20H36O3S/c1-2-3-4-5-6-7-8-9-10-11-12-20(21)17-15-18-13-14-19(16-17)24(18,22)23/h17-19H,2-16H2,1H3. The van der Waals surface area contributed by atoms with Crippen LogP contribution in [-0.4, -0.2) is 24.7 Å². The normalized spacial score (nSPS) is 28.1. The zero-order valence-corrected chi connectivity index (χ0v) is 16.3. The van der Waals surface area contributed by atoms with Gasteiger partial charge in [0.1, 0.15) is 5.78 Å². The molecule has 0 aromatic heterocycles. The minimum atomic E-state index is -2.89. The van der Waals surface area contributed by atoms with Crippen LogP contribution in [0.3, 0.4) is 0 Å². The molecule has 2 bridgehead atoms. The van der Waals surface area contributed by atoms with Crippen molar-refractivity contribution in [2.45, 2.75) is 114 Å². The second-order valence-corrected chi connectivity index (χ2v) is 10.5. The van der Waals surface area contributed by atoms with Gasteiger partial charge in [-0.1, -0.05) is 64.7 Å². The van der Waals surface area contributed by atoms with Gasteiger partial charge in [0.05, 0.1) is 10.5 Å². The van der Waals surface area contributed by atoms with Crippen LogP contribution in [0.25, 0.3) is 0 Å². The largest absolute Gasteiger partial charge is 0.299 e. The molecular formula is C20H36O3S. The molecule has 24 heavy (non-hydrogen) atoms. The van der Waals surface area contributed by atoms with E-state index in [1.807, 2.05) is 0 Å². The van der Waals surface area contributed by atoms with E-state index in [4.69, 9.17) is 0 Å². The molecule has 4 heteroatoms. The number of ketones is 1. The minimum Gasteiger partial charge on any atom is -0.299 e. The summed E-state index contributed by atoms with van der Waals surface area (Å²) in [5.74, 6) is 0.367. The molecule has 0 saturated carbocycles. The molecule has 2 fully saturated rings. The van der Waals surface area contributed by atoms with Crippen LogP contribution in [0.2, 0.25) is 0 Å². The number of hydrogen-bond acceptors (Lipinski definition) is 3. The molecule has 0 spiro atoms. The molecule has 2 atom stereocenters. The second-order valence-electron chi connectivity index (χ2n) is 7.98. The smallest absolute Gasteiger partial charge is 0.156 e. The van der Waals surface area contributed by atoms with E-state index in [-0.39, 0.29) is 16.4 Å². The molecule has 2 aliphatic rings. The quantitative estimate of drug-likeness (QED) is 0.450. The van der Waals surface area contributed by atoms with Crippen molar-refractivity contribution >= 4 is 15.6 Å². The van der Waals surface area contributed by atoms with Gasteiger partial charge in [-0.15, -0.1) is 0 Å². The van der Waals surface area contributed by atoms with Crippen molar-refractivity contribution in [3.8, 4) is 0 Å². The van der Waals surface area contributed by atoms with E-state index in [2.05, 4.69) is 6.92 Å². The van der Waals surface area contributed by atoms with E-state index in [9.17, 15) is 13.2 Å². The van der Waals surface area contributed by atoms with Crippen molar-refractivity contribution in [2.24, 2.45) is 5.92 Å². The Hall–Kier alpha value is -0.380. The van der Waals surface area contributed by atoms with Crippen LogP contribution in [0.5, 0.6) is 0 Å². The van der Waals surface area contributed by atoms with E-state index >= 15 is 0 Å². The molecule has 0 N–H and O–H groups in total. The van der Waals surface area contributed by atoms with Crippen molar-refractivity contribution in [1.82, 2.24) is 0 Å². The zero-order chi connectivity index (χ0) is 17.4. The Kier molecular flexibility index (Phi) is 8.25. The summed E-state index contributed by atoms with van der Waals surface area (Å²) < 4.78 is 24.2. The third kappa shape index (κ3) is 5.57. The first-order chi connectivity index (χ1) is 11.6. The van der Waals surface area contributed by atoms with Gasteiger partial charge in [-0.25, -0.2) is 8.42 Å². The summed E-state index contributed by atoms with van der Waals surface area (Å²) >= 11 is 0. The number of carbonyl (C=O) groups excluding carboxylic acids is 1. The predicted octanol–water partition coefficient (Wildman–Crippen LogP) is 5.22. The molecule has 0 amide bonds. The summed E-state index contributed by atoms with van der Waals surface area (Å²) in [5.41, 5.74) is 0. The van der Waals surface area contributed by atoms with Gasteiger partial charge in [-0.3, -0.25) is 4.79 Å². The van der Waals surface area contributed by atoms with Crippen LogP contribution < -0.4 is 0 Å². The molecule has 0 aromatic rings. The molecule has 2 unspecified atom stereocenters. The van der Waals surface area contributed by atoms with E-state index < -0.39 is 9.84 Å². The number of rotatable bonds is 12. The van der Waals surface area contributed by atoms with Crippen molar-refractivity contribution < 1.29 is 13.2 Å². The molecule has 0 aromatic carbocycles. The number of unbranched alkanes of at least 4 members (excludes halogenated alkanes) is 9. The fraction of sp³-hybridized carbons (Fsp3) is 0.950. The number of hydrogen-bond donors (Lipinski definition) is 0. The molecule has 2 saturated heterocycles. The number of sulfone groups is 1. The number of Topliss-reactive ketones (excluding diaryl/α,β-unsaturated/α-hetero) is 1. The van der Waals surface area contributed by atoms with Crippen LogP contribution in [0.1, 0.15) is 103 Å². The lowest BCUT2D eigenvalue weighted by Crippen LogP contribution is -2.36. The van der Waals surface area contributed by atoms with Gasteiger partial charge in [0.15, 0.2) is 9.84 Å². The van der Waals surface area contributed by atoms with Gasteiger partial charge in [0.2, 0.25) is 0 Å². The van der Waals surface area contributed by atoms with Gasteiger partial charge in [-0.2, -0.15) is 0 Å². The van der Waals surface area contributed by atoms with Crippen LogP contribution in [0.15, 0.2) is 0 Å². The van der Waals surface area contributed by atoms with Crippen molar-refractivity contribution in [2.75, 3.05) is 0 Å². The molecule has 0 aliphatic carbocycles. The first kappa shape index (κ1) is 19.9. The topological polar surface area (TPSA) is 51.2 Å². The summed E-state index contributed by atoms with van der Waals surface area (Å²) in [6, 6.07) is 0. The summed E-state index contributed by atoms with van der Waals surface area (Å²) in [5, 5.41) is -0.421. The molecule has 0 radical (unpaired) electrons. The van der Waals surface area contributed by atoms with Gasteiger partial charge < -0.3 is 0 Å². The van der Waals surface area contributed by atoms with Crippen molar-refractivity contribution in [3.05, 3.63) is 0 Å². The van der Waals surface area contributed by atoms with E-state index in [0.717, 1.165) is 25.7 Å². The Morgan fingerprint density at radius 3 is 1.75 bits per heavy atom. The molecule has 2 heterocycles. The van der Waals surface area contributed by atoms with E-state index in [1.54, 1.807) is 0 Å². The maximum atomic E-state index is 12.4. The maximum absolute atomic E-state index is 12.4. The van der Waals surface area contributed by atoms with Crippen molar-refractivity contribution in [1.29, 1.82) is 0 Å². The highest BCUT2D eigenvalue weighted by Gasteiger charge is 2.48. The Labute approximate surface area is 148 Å². The Morgan fingerprint density at radius 1 is 0.792 bits per heavy atom. The molecule has 3 nitrogen and oxygen atoms in total.